The maximum Gasteiger partial charge on any atom is 0.444 e. The van der Waals surface area contributed by atoms with Gasteiger partial charge in [0.15, 0.2) is 5.17 Å². The van der Waals surface area contributed by atoms with E-state index in [4.69, 9.17) is 4.74 Å². The van der Waals surface area contributed by atoms with Crippen LogP contribution in [-0.2, 0) is 4.74 Å². The first-order valence-electron chi connectivity index (χ1n) is 6.43. The lowest BCUT2D eigenvalue weighted by Gasteiger charge is -2.34. The molecular weight excluding hydrogens is 398 g/mol. The van der Waals surface area contributed by atoms with E-state index in [9.17, 15) is 43.9 Å². The minimum Gasteiger partial charge on any atom is -0.378 e. The molecule has 0 aromatic rings. The van der Waals surface area contributed by atoms with E-state index >= 15 is 0 Å². The molecule has 2 rings (SSSR count). The first-order valence-corrected chi connectivity index (χ1v) is 7.25. The van der Waals surface area contributed by atoms with Crippen LogP contribution < -0.4 is 0 Å². The summed E-state index contributed by atoms with van der Waals surface area (Å²) in [5.41, 5.74) is -2.74. The van der Waals surface area contributed by atoms with Crippen molar-refractivity contribution in [1.82, 2.24) is 4.90 Å². The van der Waals surface area contributed by atoms with Crippen molar-refractivity contribution in [2.75, 3.05) is 26.3 Å². The lowest BCUT2D eigenvalue weighted by molar-refractivity contribution is -0.253. The Morgan fingerprint density at radius 3 is 1.84 bits per heavy atom. The zero-order valence-corrected chi connectivity index (χ0v) is 12.6. The fraction of sp³-hybridized carbons (Fsp3) is 0.727. The summed E-state index contributed by atoms with van der Waals surface area (Å²) in [5.74, 6) is -3.53. The molecule has 2 heterocycles. The van der Waals surface area contributed by atoms with Gasteiger partial charge in [-0.15, -0.1) is 0 Å². The molecule has 0 amide bonds. The summed E-state index contributed by atoms with van der Waals surface area (Å²) in [6.07, 6.45) is -18.6. The average Bonchev–Trinajstić information content (AvgIpc) is 2.87. The monoisotopic (exact) mass is 406 g/mol. The van der Waals surface area contributed by atoms with Crippen molar-refractivity contribution in [3.63, 3.8) is 0 Å². The van der Waals surface area contributed by atoms with Crippen LogP contribution in [0.25, 0.3) is 0 Å². The highest BCUT2D eigenvalue weighted by atomic mass is 32.2. The van der Waals surface area contributed by atoms with E-state index in [1.807, 2.05) is 0 Å². The van der Waals surface area contributed by atoms with Gasteiger partial charge in [0.2, 0.25) is 5.83 Å². The molecule has 0 saturated carbocycles. The SMILES string of the molecule is FC(=C1N=C(N2CCOCC2)SC1(C(F)(F)F)C(F)(F)F)C(F)(F)F. The third kappa shape index (κ3) is 3.41. The molecule has 3 nitrogen and oxygen atoms in total. The molecule has 0 bridgehead atoms. The van der Waals surface area contributed by atoms with Gasteiger partial charge in [0.1, 0.15) is 5.70 Å². The number of thioether (sulfide) groups is 1. The summed E-state index contributed by atoms with van der Waals surface area (Å²) in [6, 6.07) is 0. The molecule has 0 N–H and O–H groups in total. The number of ether oxygens (including phenoxy) is 1. The van der Waals surface area contributed by atoms with Crippen molar-refractivity contribution in [2.45, 2.75) is 23.3 Å². The molecule has 2 aliphatic rings. The van der Waals surface area contributed by atoms with Gasteiger partial charge in [-0.25, -0.2) is 4.99 Å². The van der Waals surface area contributed by atoms with Crippen molar-refractivity contribution in [3.8, 4) is 0 Å². The van der Waals surface area contributed by atoms with Gasteiger partial charge < -0.3 is 9.64 Å². The third-order valence-electron chi connectivity index (χ3n) is 3.32. The quantitative estimate of drug-likeness (QED) is 0.568. The Balaban J connectivity index is 2.66. The Morgan fingerprint density at radius 2 is 1.44 bits per heavy atom. The van der Waals surface area contributed by atoms with Crippen molar-refractivity contribution in [1.29, 1.82) is 0 Å². The van der Waals surface area contributed by atoms with Crippen molar-refractivity contribution >= 4 is 16.9 Å². The summed E-state index contributed by atoms with van der Waals surface area (Å²) in [6.45, 7) is -0.548. The van der Waals surface area contributed by atoms with Crippen LogP contribution in [0.5, 0.6) is 0 Å². The second kappa shape index (κ2) is 6.21. The van der Waals surface area contributed by atoms with Crippen molar-refractivity contribution < 1.29 is 48.6 Å². The Kier molecular flexibility index (Phi) is 5.00. The van der Waals surface area contributed by atoms with E-state index in [-0.39, 0.29) is 26.3 Å². The summed E-state index contributed by atoms with van der Waals surface area (Å²) >= 11 is -0.996. The number of alkyl halides is 9. The maximum atomic E-state index is 13.5. The lowest BCUT2D eigenvalue weighted by Crippen LogP contribution is -2.55. The fourth-order valence-corrected chi connectivity index (χ4v) is 3.34. The maximum absolute atomic E-state index is 13.5. The van der Waals surface area contributed by atoms with Crippen LogP contribution in [-0.4, -0.2) is 59.6 Å². The molecule has 2 aliphatic heterocycles. The topological polar surface area (TPSA) is 24.8 Å². The molecule has 0 aromatic carbocycles. The zero-order chi connectivity index (χ0) is 19.3. The van der Waals surface area contributed by atoms with Gasteiger partial charge in [-0.2, -0.15) is 43.9 Å². The van der Waals surface area contributed by atoms with Crippen LogP contribution in [0.1, 0.15) is 0 Å². The lowest BCUT2D eigenvalue weighted by atomic mass is 10.0. The second-order valence-electron chi connectivity index (χ2n) is 4.93. The number of morpholine rings is 1. The van der Waals surface area contributed by atoms with Crippen molar-refractivity contribution in [2.24, 2.45) is 4.99 Å². The molecule has 0 aliphatic carbocycles. The number of aliphatic imine (C=N–C) groups is 1. The Bertz CT molecular complexity index is 571. The Labute approximate surface area is 137 Å². The molecule has 0 aromatic heterocycles. The molecule has 1 saturated heterocycles. The molecule has 144 valence electrons. The normalized spacial score (nSPS) is 24.4. The number of allylic oxidation sites excluding steroid dienone is 1. The van der Waals surface area contributed by atoms with E-state index in [1.165, 1.54) is 0 Å². The number of hydrogen-bond donors (Lipinski definition) is 0. The number of nitrogens with zero attached hydrogens (tertiary/aromatic N) is 2. The molecule has 25 heavy (non-hydrogen) atoms. The van der Waals surface area contributed by atoms with Crippen LogP contribution in [0.15, 0.2) is 16.5 Å². The first-order chi connectivity index (χ1) is 11.2. The smallest absolute Gasteiger partial charge is 0.378 e. The van der Waals surface area contributed by atoms with Gasteiger partial charge in [0.25, 0.3) is 4.75 Å². The van der Waals surface area contributed by atoms with Crippen LogP contribution in [0.2, 0.25) is 0 Å². The van der Waals surface area contributed by atoms with E-state index in [2.05, 4.69) is 4.99 Å². The van der Waals surface area contributed by atoms with Crippen LogP contribution in [0, 0.1) is 0 Å². The van der Waals surface area contributed by atoms with Gasteiger partial charge in [-0.1, -0.05) is 11.8 Å². The standard InChI is InChI=1S/C11H8F10N2OS/c12-5(9(13,14)15)6-8(10(16,17)18,11(19,20)21)25-7(22-6)23-1-3-24-4-2-23/h1-4H2. The zero-order valence-electron chi connectivity index (χ0n) is 11.8. The van der Waals surface area contributed by atoms with E-state index in [0.717, 1.165) is 4.90 Å². The highest BCUT2D eigenvalue weighted by molar-refractivity contribution is 8.15. The van der Waals surface area contributed by atoms with Gasteiger partial charge in [0.05, 0.1) is 13.2 Å². The number of halogens is 10. The van der Waals surface area contributed by atoms with Gasteiger partial charge in [-0.05, 0) is 0 Å². The predicted octanol–water partition coefficient (Wildman–Crippen LogP) is 4.03. The van der Waals surface area contributed by atoms with Gasteiger partial charge >= 0.3 is 18.5 Å². The highest BCUT2D eigenvalue weighted by Crippen LogP contribution is 2.61. The molecular formula is C11H8F10N2OS. The Hall–Kier alpha value is -1.18. The fourth-order valence-electron chi connectivity index (χ4n) is 2.16. The summed E-state index contributed by atoms with van der Waals surface area (Å²) in [5, 5.41) is -0.993. The van der Waals surface area contributed by atoms with Crippen LogP contribution in [0.4, 0.5) is 43.9 Å². The van der Waals surface area contributed by atoms with Crippen LogP contribution >= 0.6 is 11.8 Å². The van der Waals surface area contributed by atoms with E-state index in [0.29, 0.717) is 0 Å². The first kappa shape index (κ1) is 20.1. The summed E-state index contributed by atoms with van der Waals surface area (Å²) in [4.78, 5) is 3.65. The third-order valence-corrected chi connectivity index (χ3v) is 4.82. The molecule has 0 radical (unpaired) electrons. The number of hydrogen-bond acceptors (Lipinski definition) is 4. The largest absolute Gasteiger partial charge is 0.444 e. The van der Waals surface area contributed by atoms with E-state index in [1.54, 1.807) is 0 Å². The van der Waals surface area contributed by atoms with E-state index < -0.39 is 51.7 Å². The van der Waals surface area contributed by atoms with Crippen molar-refractivity contribution in [3.05, 3.63) is 11.5 Å². The highest BCUT2D eigenvalue weighted by Gasteiger charge is 2.78. The summed E-state index contributed by atoms with van der Waals surface area (Å²) < 4.78 is 130. The molecule has 0 unspecified atom stereocenters. The second-order valence-corrected chi connectivity index (χ2v) is 6.11. The minimum absolute atomic E-state index is 0.0780. The summed E-state index contributed by atoms with van der Waals surface area (Å²) in [7, 11) is 0. The number of amidine groups is 1. The predicted molar refractivity (Wildman–Crippen MR) is 66.4 cm³/mol. The number of rotatable bonds is 0. The molecule has 14 heteroatoms. The van der Waals surface area contributed by atoms with Gasteiger partial charge in [-0.3, -0.25) is 0 Å². The Morgan fingerprint density at radius 1 is 0.960 bits per heavy atom. The molecule has 0 spiro atoms. The molecule has 0 atom stereocenters. The average molecular weight is 406 g/mol. The molecule has 1 fully saturated rings. The van der Waals surface area contributed by atoms with Crippen LogP contribution in [0.3, 0.4) is 0 Å². The van der Waals surface area contributed by atoms with Gasteiger partial charge in [0, 0.05) is 13.1 Å². The minimum atomic E-state index is -6.27.